The van der Waals surface area contributed by atoms with Crippen LogP contribution < -0.4 is 16.0 Å². The Morgan fingerprint density at radius 3 is 2.58 bits per heavy atom. The summed E-state index contributed by atoms with van der Waals surface area (Å²) in [5, 5.41) is 9.64. The molecule has 6 nitrogen and oxygen atoms in total. The van der Waals surface area contributed by atoms with Crippen molar-refractivity contribution in [2.45, 2.75) is 24.9 Å². The van der Waals surface area contributed by atoms with Gasteiger partial charge in [-0.15, -0.1) is 11.3 Å². The lowest BCUT2D eigenvalue weighted by atomic mass is 10.0. The molecule has 1 aromatic carbocycles. The van der Waals surface area contributed by atoms with Crippen LogP contribution in [-0.2, 0) is 9.59 Å². The smallest absolute Gasteiger partial charge is 0.322 e. The van der Waals surface area contributed by atoms with E-state index in [2.05, 4.69) is 16.0 Å². The molecule has 1 aromatic heterocycles. The molecule has 24 heavy (non-hydrogen) atoms. The van der Waals surface area contributed by atoms with Gasteiger partial charge in [-0.05, 0) is 23.4 Å². The predicted octanol–water partition coefficient (Wildman–Crippen LogP) is 1.94. The third-order valence-corrected chi connectivity index (χ3v) is 4.72. The van der Waals surface area contributed by atoms with Gasteiger partial charge in [-0.1, -0.05) is 36.4 Å². The lowest BCUT2D eigenvalue weighted by molar-refractivity contribution is -0.122. The Balaban J connectivity index is 1.64. The molecule has 1 aliphatic rings. The first kappa shape index (κ1) is 16.2. The van der Waals surface area contributed by atoms with Crippen LogP contribution in [0.3, 0.4) is 0 Å². The summed E-state index contributed by atoms with van der Waals surface area (Å²) < 4.78 is 0. The molecule has 3 N–H and O–H groups in total. The van der Waals surface area contributed by atoms with Gasteiger partial charge in [0.1, 0.15) is 6.04 Å². The average Bonchev–Trinajstić information content (AvgIpc) is 3.21. The predicted molar refractivity (Wildman–Crippen MR) is 90.4 cm³/mol. The number of hydrogen-bond acceptors (Lipinski definition) is 4. The van der Waals surface area contributed by atoms with Crippen molar-refractivity contribution in [3.8, 4) is 0 Å². The second-order valence-electron chi connectivity index (χ2n) is 5.48. The fourth-order valence-electron chi connectivity index (χ4n) is 2.59. The lowest BCUT2D eigenvalue weighted by Crippen LogP contribution is -2.33. The standard InChI is InChI=1S/C17H17N3O3S/c21-14(9-8-12-16(22)20-17(23)18-12)19-15(13-7-4-10-24-13)11-5-2-1-3-6-11/h1-7,10,12,15H,8-9H2,(H,19,21)(H2,18,20,22,23)/t12-,15+/m0/s1. The van der Waals surface area contributed by atoms with Crippen molar-refractivity contribution in [2.75, 3.05) is 0 Å². The number of hydrogen-bond donors (Lipinski definition) is 3. The SMILES string of the molecule is O=C(CC[C@@H]1NC(=O)NC1=O)N[C@H](c1ccccc1)c1cccs1. The van der Waals surface area contributed by atoms with E-state index in [1.54, 1.807) is 11.3 Å². The molecule has 0 unspecified atom stereocenters. The lowest BCUT2D eigenvalue weighted by Gasteiger charge is -2.18. The van der Waals surface area contributed by atoms with Crippen molar-refractivity contribution < 1.29 is 14.4 Å². The highest BCUT2D eigenvalue weighted by Crippen LogP contribution is 2.26. The Hall–Kier alpha value is -2.67. The highest BCUT2D eigenvalue weighted by molar-refractivity contribution is 7.10. The van der Waals surface area contributed by atoms with E-state index < -0.39 is 12.1 Å². The van der Waals surface area contributed by atoms with Gasteiger partial charge in [0.05, 0.1) is 6.04 Å². The zero-order valence-corrected chi connectivity index (χ0v) is 13.6. The number of thiophene rings is 1. The zero-order valence-electron chi connectivity index (χ0n) is 12.8. The number of urea groups is 1. The Morgan fingerprint density at radius 2 is 1.96 bits per heavy atom. The van der Waals surface area contributed by atoms with Gasteiger partial charge >= 0.3 is 6.03 Å². The molecule has 0 radical (unpaired) electrons. The van der Waals surface area contributed by atoms with Crippen LogP contribution in [0, 0.1) is 0 Å². The molecule has 1 fully saturated rings. The molecule has 3 rings (SSSR count). The normalized spacial score (nSPS) is 17.9. The molecule has 0 saturated carbocycles. The number of carbonyl (C=O) groups excluding carboxylic acids is 3. The minimum absolute atomic E-state index is 0.160. The van der Waals surface area contributed by atoms with Gasteiger partial charge in [-0.3, -0.25) is 14.9 Å². The van der Waals surface area contributed by atoms with Gasteiger partial charge in [0.2, 0.25) is 5.91 Å². The molecule has 0 aliphatic carbocycles. The Kier molecular flexibility index (Phi) is 4.90. The Labute approximate surface area is 143 Å². The number of carbonyl (C=O) groups is 3. The second-order valence-corrected chi connectivity index (χ2v) is 6.46. The van der Waals surface area contributed by atoms with Gasteiger partial charge in [-0.25, -0.2) is 4.79 Å². The van der Waals surface area contributed by atoms with Crippen LogP contribution in [-0.4, -0.2) is 23.9 Å². The van der Waals surface area contributed by atoms with Crippen molar-refractivity contribution in [2.24, 2.45) is 0 Å². The summed E-state index contributed by atoms with van der Waals surface area (Å²) in [6.07, 6.45) is 0.433. The summed E-state index contributed by atoms with van der Waals surface area (Å²) in [5.74, 6) is -0.545. The van der Waals surface area contributed by atoms with Crippen LogP contribution in [0.2, 0.25) is 0 Å². The summed E-state index contributed by atoms with van der Waals surface area (Å²) >= 11 is 1.58. The zero-order chi connectivity index (χ0) is 16.9. The third kappa shape index (κ3) is 3.80. The molecule has 7 heteroatoms. The van der Waals surface area contributed by atoms with E-state index in [1.807, 2.05) is 47.8 Å². The van der Waals surface area contributed by atoms with Gasteiger partial charge in [0.15, 0.2) is 0 Å². The largest absolute Gasteiger partial charge is 0.344 e. The minimum Gasteiger partial charge on any atom is -0.344 e. The maximum absolute atomic E-state index is 12.3. The highest BCUT2D eigenvalue weighted by atomic mass is 32.1. The minimum atomic E-state index is -0.639. The van der Waals surface area contributed by atoms with E-state index in [0.717, 1.165) is 10.4 Å². The summed E-state index contributed by atoms with van der Waals surface area (Å²) in [6.45, 7) is 0. The Morgan fingerprint density at radius 1 is 1.17 bits per heavy atom. The van der Waals surface area contributed by atoms with Gasteiger partial charge in [0.25, 0.3) is 5.91 Å². The van der Waals surface area contributed by atoms with Gasteiger partial charge in [-0.2, -0.15) is 0 Å². The van der Waals surface area contributed by atoms with Crippen LogP contribution in [0.15, 0.2) is 47.8 Å². The summed E-state index contributed by atoms with van der Waals surface area (Å²) in [7, 11) is 0. The number of rotatable bonds is 6. The first-order chi connectivity index (χ1) is 11.6. The molecular formula is C17H17N3O3S. The monoisotopic (exact) mass is 343 g/mol. The molecule has 2 heterocycles. The molecule has 2 atom stereocenters. The molecule has 0 bridgehead atoms. The van der Waals surface area contributed by atoms with Crippen LogP contribution in [0.5, 0.6) is 0 Å². The number of amides is 4. The average molecular weight is 343 g/mol. The van der Waals surface area contributed by atoms with E-state index in [1.165, 1.54) is 0 Å². The van der Waals surface area contributed by atoms with Crippen LogP contribution >= 0.6 is 11.3 Å². The quantitative estimate of drug-likeness (QED) is 0.701. The van der Waals surface area contributed by atoms with E-state index in [9.17, 15) is 14.4 Å². The van der Waals surface area contributed by atoms with E-state index in [-0.39, 0.29) is 30.7 Å². The molecule has 2 aromatic rings. The maximum atomic E-state index is 12.3. The van der Waals surface area contributed by atoms with E-state index in [4.69, 9.17) is 0 Å². The first-order valence-electron chi connectivity index (χ1n) is 7.62. The fraction of sp³-hybridized carbons (Fsp3) is 0.235. The van der Waals surface area contributed by atoms with Crippen molar-refractivity contribution in [3.63, 3.8) is 0 Å². The molecule has 124 valence electrons. The summed E-state index contributed by atoms with van der Waals surface area (Å²) in [5.41, 5.74) is 1.00. The topological polar surface area (TPSA) is 87.3 Å². The molecule has 1 aliphatic heterocycles. The number of nitrogens with one attached hydrogen (secondary N) is 3. The van der Waals surface area contributed by atoms with Crippen LogP contribution in [0.4, 0.5) is 4.79 Å². The van der Waals surface area contributed by atoms with Crippen molar-refractivity contribution >= 4 is 29.2 Å². The molecular weight excluding hydrogens is 326 g/mol. The maximum Gasteiger partial charge on any atom is 0.322 e. The van der Waals surface area contributed by atoms with Crippen LogP contribution in [0.25, 0.3) is 0 Å². The van der Waals surface area contributed by atoms with Crippen molar-refractivity contribution in [1.29, 1.82) is 0 Å². The van der Waals surface area contributed by atoms with Crippen molar-refractivity contribution in [1.82, 2.24) is 16.0 Å². The second kappa shape index (κ2) is 7.27. The number of imide groups is 1. The van der Waals surface area contributed by atoms with E-state index in [0.29, 0.717) is 0 Å². The first-order valence-corrected chi connectivity index (χ1v) is 8.50. The van der Waals surface area contributed by atoms with Gasteiger partial charge in [0, 0.05) is 11.3 Å². The fourth-order valence-corrected chi connectivity index (χ4v) is 3.39. The Bertz CT molecular complexity index is 731. The molecule has 0 spiro atoms. The highest BCUT2D eigenvalue weighted by Gasteiger charge is 2.29. The summed E-state index contributed by atoms with van der Waals surface area (Å²) in [6, 6.07) is 12.3. The molecule has 1 saturated heterocycles. The number of benzene rings is 1. The summed E-state index contributed by atoms with van der Waals surface area (Å²) in [4.78, 5) is 35.9. The van der Waals surface area contributed by atoms with Gasteiger partial charge < -0.3 is 10.6 Å². The van der Waals surface area contributed by atoms with E-state index >= 15 is 0 Å². The third-order valence-electron chi connectivity index (χ3n) is 3.78. The van der Waals surface area contributed by atoms with Crippen LogP contribution in [0.1, 0.15) is 29.3 Å². The molecule has 4 amide bonds. The van der Waals surface area contributed by atoms with Crippen molar-refractivity contribution in [3.05, 3.63) is 58.3 Å².